The summed E-state index contributed by atoms with van der Waals surface area (Å²) in [7, 11) is 1.29. The lowest BCUT2D eigenvalue weighted by molar-refractivity contribution is -0.140. The monoisotopic (exact) mass is 237 g/mol. The van der Waals surface area contributed by atoms with Gasteiger partial charge >= 0.3 is 5.97 Å². The SMILES string of the molecule is COC(=O)CCNC(=O)c1cc(N)cc(N)c1. The fraction of sp³-hybridized carbons (Fsp3) is 0.273. The molecule has 0 bridgehead atoms. The van der Waals surface area contributed by atoms with Gasteiger partial charge in [-0.05, 0) is 18.2 Å². The van der Waals surface area contributed by atoms with Crippen molar-refractivity contribution in [2.75, 3.05) is 25.1 Å². The van der Waals surface area contributed by atoms with Crippen LogP contribution in [-0.4, -0.2) is 25.5 Å². The van der Waals surface area contributed by atoms with Gasteiger partial charge in [-0.25, -0.2) is 0 Å². The molecule has 0 unspecified atom stereocenters. The average molecular weight is 237 g/mol. The third-order valence-electron chi connectivity index (χ3n) is 2.08. The Hall–Kier alpha value is -2.24. The summed E-state index contributed by atoms with van der Waals surface area (Å²) < 4.78 is 4.45. The number of hydrogen-bond acceptors (Lipinski definition) is 5. The Morgan fingerprint density at radius 2 is 1.82 bits per heavy atom. The number of benzene rings is 1. The number of nitrogens with one attached hydrogen (secondary N) is 1. The summed E-state index contributed by atoms with van der Waals surface area (Å²) >= 11 is 0. The van der Waals surface area contributed by atoms with E-state index in [9.17, 15) is 9.59 Å². The Balaban J connectivity index is 2.55. The number of nitrogen functional groups attached to an aromatic ring is 2. The normalized spacial score (nSPS) is 9.71. The number of methoxy groups -OCH3 is 1. The molecule has 1 aromatic carbocycles. The first-order chi connectivity index (χ1) is 8.02. The Labute approximate surface area is 98.9 Å². The quantitative estimate of drug-likeness (QED) is 0.510. The first kappa shape index (κ1) is 12.8. The van der Waals surface area contributed by atoms with E-state index in [2.05, 4.69) is 10.1 Å². The minimum Gasteiger partial charge on any atom is -0.469 e. The smallest absolute Gasteiger partial charge is 0.307 e. The minimum atomic E-state index is -0.377. The summed E-state index contributed by atoms with van der Waals surface area (Å²) in [6.45, 7) is 0.209. The van der Waals surface area contributed by atoms with E-state index in [-0.39, 0.29) is 24.8 Å². The molecule has 0 aliphatic carbocycles. The van der Waals surface area contributed by atoms with E-state index in [1.54, 1.807) is 6.07 Å². The van der Waals surface area contributed by atoms with Crippen LogP contribution in [0.2, 0.25) is 0 Å². The van der Waals surface area contributed by atoms with E-state index in [1.807, 2.05) is 0 Å². The van der Waals surface area contributed by atoms with Crippen LogP contribution < -0.4 is 16.8 Å². The third kappa shape index (κ3) is 4.02. The van der Waals surface area contributed by atoms with Crippen molar-refractivity contribution >= 4 is 23.3 Å². The highest BCUT2D eigenvalue weighted by molar-refractivity contribution is 5.96. The van der Waals surface area contributed by atoms with E-state index < -0.39 is 0 Å². The highest BCUT2D eigenvalue weighted by atomic mass is 16.5. The van der Waals surface area contributed by atoms with Gasteiger partial charge in [0.2, 0.25) is 0 Å². The zero-order valence-corrected chi connectivity index (χ0v) is 9.53. The summed E-state index contributed by atoms with van der Waals surface area (Å²) in [6.07, 6.45) is 0.125. The average Bonchev–Trinajstić information content (AvgIpc) is 2.27. The van der Waals surface area contributed by atoms with Crippen LogP contribution in [0.1, 0.15) is 16.8 Å². The second kappa shape index (κ2) is 5.74. The Morgan fingerprint density at radius 3 is 2.35 bits per heavy atom. The second-order valence-electron chi connectivity index (χ2n) is 3.47. The van der Waals surface area contributed by atoms with Gasteiger partial charge < -0.3 is 21.5 Å². The number of nitrogens with two attached hydrogens (primary N) is 2. The summed E-state index contributed by atoms with van der Waals surface area (Å²) in [5.74, 6) is -0.703. The molecule has 0 radical (unpaired) electrons. The molecule has 1 aromatic rings. The van der Waals surface area contributed by atoms with Crippen molar-refractivity contribution in [3.63, 3.8) is 0 Å². The molecule has 0 saturated carbocycles. The number of anilines is 2. The topological polar surface area (TPSA) is 107 Å². The van der Waals surface area contributed by atoms with Crippen molar-refractivity contribution in [2.24, 2.45) is 0 Å². The van der Waals surface area contributed by atoms with E-state index >= 15 is 0 Å². The molecule has 6 nitrogen and oxygen atoms in total. The van der Waals surface area contributed by atoms with Crippen LogP contribution >= 0.6 is 0 Å². The van der Waals surface area contributed by atoms with E-state index in [0.29, 0.717) is 16.9 Å². The van der Waals surface area contributed by atoms with E-state index in [0.717, 1.165) is 0 Å². The minimum absolute atomic E-state index is 0.125. The van der Waals surface area contributed by atoms with Crippen LogP contribution in [0.3, 0.4) is 0 Å². The van der Waals surface area contributed by atoms with Crippen LogP contribution in [0.5, 0.6) is 0 Å². The molecular formula is C11H15N3O3. The highest BCUT2D eigenvalue weighted by Gasteiger charge is 2.07. The molecule has 0 fully saturated rings. The molecule has 1 rings (SSSR count). The Morgan fingerprint density at radius 1 is 1.24 bits per heavy atom. The molecule has 0 aliphatic heterocycles. The van der Waals surface area contributed by atoms with Gasteiger partial charge in [-0.15, -0.1) is 0 Å². The van der Waals surface area contributed by atoms with Crippen molar-refractivity contribution in [1.29, 1.82) is 0 Å². The summed E-state index contributed by atoms with van der Waals surface area (Å²) in [5.41, 5.74) is 12.3. The van der Waals surface area contributed by atoms with Gasteiger partial charge in [0, 0.05) is 23.5 Å². The number of esters is 1. The zero-order valence-electron chi connectivity index (χ0n) is 9.53. The maximum Gasteiger partial charge on any atom is 0.307 e. The largest absolute Gasteiger partial charge is 0.469 e. The molecule has 0 saturated heterocycles. The van der Waals surface area contributed by atoms with Gasteiger partial charge in [0.15, 0.2) is 0 Å². The van der Waals surface area contributed by atoms with Gasteiger partial charge in [0.25, 0.3) is 5.91 Å². The number of amides is 1. The molecule has 0 aliphatic rings. The lowest BCUT2D eigenvalue weighted by Crippen LogP contribution is -2.26. The van der Waals surface area contributed by atoms with Crippen molar-refractivity contribution in [1.82, 2.24) is 5.32 Å². The van der Waals surface area contributed by atoms with Gasteiger partial charge in [-0.3, -0.25) is 9.59 Å². The van der Waals surface area contributed by atoms with E-state index in [4.69, 9.17) is 11.5 Å². The predicted molar refractivity (Wildman–Crippen MR) is 64.2 cm³/mol. The van der Waals surface area contributed by atoms with Crippen molar-refractivity contribution < 1.29 is 14.3 Å². The van der Waals surface area contributed by atoms with Gasteiger partial charge in [0.1, 0.15) is 0 Å². The van der Waals surface area contributed by atoms with Crippen molar-refractivity contribution in [3.8, 4) is 0 Å². The number of carbonyl (C=O) groups is 2. The van der Waals surface area contributed by atoms with Crippen LogP contribution in [-0.2, 0) is 9.53 Å². The molecular weight excluding hydrogens is 222 g/mol. The van der Waals surface area contributed by atoms with Crippen LogP contribution in [0.4, 0.5) is 11.4 Å². The molecule has 92 valence electrons. The fourth-order valence-electron chi connectivity index (χ4n) is 1.29. The number of ether oxygens (including phenoxy) is 1. The van der Waals surface area contributed by atoms with Crippen LogP contribution in [0.15, 0.2) is 18.2 Å². The van der Waals surface area contributed by atoms with Gasteiger partial charge in [-0.1, -0.05) is 0 Å². The molecule has 0 aromatic heterocycles. The predicted octanol–water partition coefficient (Wildman–Crippen LogP) is 0.144. The first-order valence-electron chi connectivity index (χ1n) is 5.04. The fourth-order valence-corrected chi connectivity index (χ4v) is 1.29. The van der Waals surface area contributed by atoms with Crippen molar-refractivity contribution in [3.05, 3.63) is 23.8 Å². The standard InChI is InChI=1S/C11H15N3O3/c1-17-10(15)2-3-14-11(16)7-4-8(12)6-9(13)5-7/h4-6H,2-3,12-13H2,1H3,(H,14,16). The lowest BCUT2D eigenvalue weighted by atomic mass is 10.1. The van der Waals surface area contributed by atoms with Crippen LogP contribution in [0.25, 0.3) is 0 Å². The number of carbonyl (C=O) groups excluding carboxylic acids is 2. The second-order valence-corrected chi connectivity index (χ2v) is 3.47. The molecule has 5 N–H and O–H groups in total. The third-order valence-corrected chi connectivity index (χ3v) is 2.08. The molecule has 0 heterocycles. The van der Waals surface area contributed by atoms with E-state index in [1.165, 1.54) is 19.2 Å². The Kier molecular flexibility index (Phi) is 4.33. The number of rotatable bonds is 4. The van der Waals surface area contributed by atoms with Gasteiger partial charge in [-0.2, -0.15) is 0 Å². The van der Waals surface area contributed by atoms with Crippen molar-refractivity contribution in [2.45, 2.75) is 6.42 Å². The summed E-state index contributed by atoms with van der Waals surface area (Å²) in [5, 5.41) is 2.57. The highest BCUT2D eigenvalue weighted by Crippen LogP contribution is 2.13. The van der Waals surface area contributed by atoms with Crippen LogP contribution in [0, 0.1) is 0 Å². The molecule has 6 heteroatoms. The zero-order chi connectivity index (χ0) is 12.8. The number of hydrogen-bond donors (Lipinski definition) is 3. The first-order valence-corrected chi connectivity index (χ1v) is 5.04. The summed E-state index contributed by atoms with van der Waals surface area (Å²) in [4.78, 5) is 22.5. The van der Waals surface area contributed by atoms with Gasteiger partial charge in [0.05, 0.1) is 13.5 Å². The maximum atomic E-state index is 11.6. The molecule has 1 amide bonds. The lowest BCUT2D eigenvalue weighted by Gasteiger charge is -2.06. The maximum absolute atomic E-state index is 11.6. The molecule has 17 heavy (non-hydrogen) atoms. The molecule has 0 atom stereocenters. The molecule has 0 spiro atoms. The Bertz CT molecular complexity index is 412. The summed E-state index contributed by atoms with van der Waals surface area (Å²) in [6, 6.07) is 4.60.